The molecule has 2 atom stereocenters. The molecule has 0 aliphatic heterocycles. The number of halogens is 4. The summed E-state index contributed by atoms with van der Waals surface area (Å²) in [6.45, 7) is 0. The number of benzene rings is 1. The molecule has 1 rings (SSSR count). The minimum atomic E-state index is -4.91. The van der Waals surface area contributed by atoms with Crippen molar-refractivity contribution in [3.8, 4) is 5.75 Å². The van der Waals surface area contributed by atoms with Crippen molar-refractivity contribution >= 4 is 12.6 Å². The second-order valence-corrected chi connectivity index (χ2v) is 3.79. The molecule has 2 unspecified atom stereocenters. The van der Waals surface area contributed by atoms with E-state index in [0.29, 0.717) is 12.1 Å². The van der Waals surface area contributed by atoms with Crippen LogP contribution in [0.4, 0.5) is 17.6 Å². The Morgan fingerprint density at radius 2 is 1.89 bits per heavy atom. The van der Waals surface area contributed by atoms with Crippen molar-refractivity contribution in [1.82, 2.24) is 0 Å². The Morgan fingerprint density at radius 1 is 1.28 bits per heavy atom. The molecule has 2 N–H and O–H groups in total. The molecule has 3 nitrogen and oxygen atoms in total. The van der Waals surface area contributed by atoms with Gasteiger partial charge in [0, 0.05) is 11.3 Å². The average Bonchev–Trinajstić information content (AvgIpc) is 2.28. The van der Waals surface area contributed by atoms with Crippen LogP contribution in [0.3, 0.4) is 0 Å². The third-order valence-electron chi connectivity index (χ3n) is 2.07. The van der Waals surface area contributed by atoms with Gasteiger partial charge in [0.1, 0.15) is 17.7 Å². The molecular weight excluding hydrogens is 276 g/mol. The van der Waals surface area contributed by atoms with Crippen LogP contribution in [-0.2, 0) is 0 Å². The van der Waals surface area contributed by atoms with Crippen LogP contribution in [0.15, 0.2) is 18.2 Å². The topological polar surface area (TPSA) is 49.7 Å². The molecule has 102 valence electrons. The van der Waals surface area contributed by atoms with E-state index in [1.54, 1.807) is 0 Å². The van der Waals surface area contributed by atoms with Gasteiger partial charge in [-0.2, -0.15) is 12.6 Å². The third kappa shape index (κ3) is 4.04. The lowest BCUT2D eigenvalue weighted by atomic mass is 10.0. The van der Waals surface area contributed by atoms with Crippen molar-refractivity contribution in [3.63, 3.8) is 0 Å². The molecule has 1 aromatic carbocycles. The van der Waals surface area contributed by atoms with E-state index in [0.717, 1.165) is 6.07 Å². The fraction of sp³-hybridized carbons (Fsp3) is 0.400. The molecule has 0 radical (unpaired) electrons. The highest BCUT2D eigenvalue weighted by Gasteiger charge is 2.32. The summed E-state index contributed by atoms with van der Waals surface area (Å²) in [6.07, 6.45) is -7.99. The van der Waals surface area contributed by atoms with Crippen molar-refractivity contribution in [2.24, 2.45) is 0 Å². The molecule has 0 amide bonds. The van der Waals surface area contributed by atoms with Gasteiger partial charge in [0.2, 0.25) is 0 Å². The summed E-state index contributed by atoms with van der Waals surface area (Å²) in [5, 5.41) is 18.8. The summed E-state index contributed by atoms with van der Waals surface area (Å²) in [7, 11) is 0. The van der Waals surface area contributed by atoms with Gasteiger partial charge in [-0.3, -0.25) is 0 Å². The first-order chi connectivity index (χ1) is 8.24. The molecule has 1 aromatic rings. The van der Waals surface area contributed by atoms with Crippen molar-refractivity contribution in [1.29, 1.82) is 0 Å². The second-order valence-electron chi connectivity index (χ2n) is 3.43. The standard InChI is InChI=1S/C10H10F4O3S/c11-7-2-1-5(17-10(12,13)14)3-6(7)9(16)8(15)4-18/h1-3,8-9,15-16,18H,4H2. The first kappa shape index (κ1) is 15.1. The monoisotopic (exact) mass is 286 g/mol. The number of ether oxygens (including phenoxy) is 1. The fourth-order valence-electron chi connectivity index (χ4n) is 1.25. The maximum atomic E-state index is 13.3. The highest BCUT2D eigenvalue weighted by Crippen LogP contribution is 2.28. The molecule has 0 fully saturated rings. The molecule has 0 heterocycles. The number of rotatable bonds is 4. The van der Waals surface area contributed by atoms with Crippen molar-refractivity contribution in [2.45, 2.75) is 18.6 Å². The van der Waals surface area contributed by atoms with Gasteiger partial charge in [-0.15, -0.1) is 13.2 Å². The SMILES string of the molecule is OC(CS)C(O)c1cc(OC(F)(F)F)ccc1F. The summed E-state index contributed by atoms with van der Waals surface area (Å²) in [5.74, 6) is -1.80. The summed E-state index contributed by atoms with van der Waals surface area (Å²) in [6, 6.07) is 2.16. The molecule has 0 bridgehead atoms. The zero-order valence-corrected chi connectivity index (χ0v) is 9.75. The van der Waals surface area contributed by atoms with Gasteiger partial charge in [0.15, 0.2) is 0 Å². The highest BCUT2D eigenvalue weighted by molar-refractivity contribution is 7.80. The molecule has 0 spiro atoms. The zero-order chi connectivity index (χ0) is 13.9. The summed E-state index contributed by atoms with van der Waals surface area (Å²) in [4.78, 5) is 0. The van der Waals surface area contributed by atoms with E-state index in [4.69, 9.17) is 0 Å². The quantitative estimate of drug-likeness (QED) is 0.586. The lowest BCUT2D eigenvalue weighted by Crippen LogP contribution is -2.21. The molecule has 0 aliphatic rings. The number of thiol groups is 1. The molecule has 18 heavy (non-hydrogen) atoms. The van der Waals surface area contributed by atoms with Gasteiger partial charge in [-0.1, -0.05) is 0 Å². The van der Waals surface area contributed by atoms with Crippen LogP contribution in [0.5, 0.6) is 5.75 Å². The van der Waals surface area contributed by atoms with Crippen molar-refractivity contribution in [2.75, 3.05) is 5.75 Å². The normalized spacial score (nSPS) is 15.3. The predicted octanol–water partition coefficient (Wildman–Crippen LogP) is 2.05. The van der Waals surface area contributed by atoms with Crippen LogP contribution in [0.2, 0.25) is 0 Å². The van der Waals surface area contributed by atoms with Crippen LogP contribution >= 0.6 is 12.6 Å². The third-order valence-corrected chi connectivity index (χ3v) is 2.45. The van der Waals surface area contributed by atoms with Crippen molar-refractivity contribution in [3.05, 3.63) is 29.6 Å². The van der Waals surface area contributed by atoms with E-state index < -0.39 is 35.7 Å². The summed E-state index contributed by atoms with van der Waals surface area (Å²) >= 11 is 3.69. The summed E-state index contributed by atoms with van der Waals surface area (Å²) in [5.41, 5.74) is -0.488. The van der Waals surface area contributed by atoms with E-state index >= 15 is 0 Å². The minimum absolute atomic E-state index is 0.176. The van der Waals surface area contributed by atoms with Crippen LogP contribution in [0.25, 0.3) is 0 Å². The van der Waals surface area contributed by atoms with Gasteiger partial charge in [-0.05, 0) is 18.2 Å². The number of alkyl halides is 3. The van der Waals surface area contributed by atoms with Crippen LogP contribution in [-0.4, -0.2) is 28.4 Å². The molecule has 0 saturated carbocycles. The van der Waals surface area contributed by atoms with Crippen LogP contribution in [0, 0.1) is 5.82 Å². The first-order valence-corrected chi connectivity index (χ1v) is 5.40. The molecule has 8 heteroatoms. The first-order valence-electron chi connectivity index (χ1n) is 4.77. The Hall–Kier alpha value is -0.990. The van der Waals surface area contributed by atoms with Crippen molar-refractivity contribution < 1.29 is 32.5 Å². The second kappa shape index (κ2) is 5.77. The molecule has 0 aliphatic carbocycles. The minimum Gasteiger partial charge on any atom is -0.406 e. The van der Waals surface area contributed by atoms with E-state index in [1.807, 2.05) is 0 Å². The maximum absolute atomic E-state index is 13.3. The Morgan fingerprint density at radius 3 is 2.39 bits per heavy atom. The lowest BCUT2D eigenvalue weighted by Gasteiger charge is -2.18. The summed E-state index contributed by atoms with van der Waals surface area (Å²) < 4.78 is 52.8. The number of hydrogen-bond donors (Lipinski definition) is 3. The molecule has 0 saturated heterocycles. The van der Waals surface area contributed by atoms with Gasteiger partial charge < -0.3 is 14.9 Å². The largest absolute Gasteiger partial charge is 0.573 e. The Labute approximate surface area is 105 Å². The van der Waals surface area contributed by atoms with Gasteiger partial charge >= 0.3 is 6.36 Å². The molecule has 0 aromatic heterocycles. The van der Waals surface area contributed by atoms with E-state index in [9.17, 15) is 27.8 Å². The van der Waals surface area contributed by atoms with Gasteiger partial charge in [0.05, 0.1) is 6.10 Å². The smallest absolute Gasteiger partial charge is 0.406 e. The Kier molecular flexibility index (Phi) is 4.83. The molecular formula is C10H10F4O3S. The predicted molar refractivity (Wildman–Crippen MR) is 57.9 cm³/mol. The van der Waals surface area contributed by atoms with Gasteiger partial charge in [0.25, 0.3) is 0 Å². The van der Waals surface area contributed by atoms with E-state index in [2.05, 4.69) is 17.4 Å². The van der Waals surface area contributed by atoms with Crippen LogP contribution < -0.4 is 4.74 Å². The number of hydrogen-bond acceptors (Lipinski definition) is 4. The zero-order valence-electron chi connectivity index (χ0n) is 8.86. The van der Waals surface area contributed by atoms with E-state index in [-0.39, 0.29) is 5.75 Å². The highest BCUT2D eigenvalue weighted by atomic mass is 32.1. The average molecular weight is 286 g/mol. The number of aliphatic hydroxyl groups is 2. The Bertz CT molecular complexity index is 411. The van der Waals surface area contributed by atoms with Crippen LogP contribution in [0.1, 0.15) is 11.7 Å². The number of aliphatic hydroxyl groups excluding tert-OH is 2. The lowest BCUT2D eigenvalue weighted by molar-refractivity contribution is -0.274. The Balaban J connectivity index is 3.01. The van der Waals surface area contributed by atoms with Gasteiger partial charge in [-0.25, -0.2) is 4.39 Å². The fourth-order valence-corrected chi connectivity index (χ4v) is 1.45. The maximum Gasteiger partial charge on any atom is 0.573 e. The van der Waals surface area contributed by atoms with E-state index in [1.165, 1.54) is 0 Å².